The highest BCUT2D eigenvalue weighted by Crippen LogP contribution is 2.29. The zero-order chi connectivity index (χ0) is 14.2. The highest BCUT2D eigenvalue weighted by molar-refractivity contribution is 5.58. The summed E-state index contributed by atoms with van der Waals surface area (Å²) in [6.45, 7) is 8.21. The highest BCUT2D eigenvalue weighted by atomic mass is 15.3. The molecular formula is C13H24N6. The maximum atomic E-state index is 5.52. The van der Waals surface area contributed by atoms with Crippen LogP contribution in [0.15, 0.2) is 0 Å². The normalized spacial score (nSPS) is 23.2. The van der Waals surface area contributed by atoms with E-state index in [0.29, 0.717) is 17.8 Å². The Labute approximate surface area is 115 Å². The average molecular weight is 264 g/mol. The predicted octanol–water partition coefficient (Wildman–Crippen LogP) is 0.765. The molecule has 1 saturated heterocycles. The number of hydrogen-bond donors (Lipinski definition) is 2. The van der Waals surface area contributed by atoms with E-state index in [9.17, 15) is 0 Å². The van der Waals surface area contributed by atoms with E-state index in [4.69, 9.17) is 5.84 Å². The molecule has 1 aromatic heterocycles. The number of nitrogens with one attached hydrogen (secondary N) is 1. The second-order valence-electron chi connectivity index (χ2n) is 5.63. The molecule has 1 aliphatic rings. The first-order valence-corrected chi connectivity index (χ1v) is 6.67. The summed E-state index contributed by atoms with van der Waals surface area (Å²) in [5.41, 5.74) is 3.67. The van der Waals surface area contributed by atoms with Gasteiger partial charge in [-0.05, 0) is 33.9 Å². The molecular weight excluding hydrogens is 240 g/mol. The summed E-state index contributed by atoms with van der Waals surface area (Å²) in [5.74, 6) is 8.60. The Hall–Kier alpha value is -1.40. The van der Waals surface area contributed by atoms with Crippen LogP contribution in [0.2, 0.25) is 0 Å². The summed E-state index contributed by atoms with van der Waals surface area (Å²) < 4.78 is 0. The third kappa shape index (κ3) is 2.64. The van der Waals surface area contributed by atoms with Crippen LogP contribution >= 0.6 is 0 Å². The van der Waals surface area contributed by atoms with Gasteiger partial charge in [0.05, 0.1) is 0 Å². The standard InChI is InChI=1S/C13H24N6/c1-8-6-19(7-11(8)18(4)5)13-9(2)12(17-14)15-10(3)16-13/h8,11H,6-7,14H2,1-5H3,(H,15,16,17). The van der Waals surface area contributed by atoms with Crippen molar-refractivity contribution in [2.24, 2.45) is 11.8 Å². The van der Waals surface area contributed by atoms with E-state index in [1.165, 1.54) is 0 Å². The molecule has 6 nitrogen and oxygen atoms in total. The van der Waals surface area contributed by atoms with Gasteiger partial charge < -0.3 is 15.2 Å². The van der Waals surface area contributed by atoms with Crippen LogP contribution in [0.5, 0.6) is 0 Å². The molecule has 1 fully saturated rings. The molecule has 2 unspecified atom stereocenters. The summed E-state index contributed by atoms with van der Waals surface area (Å²) in [4.78, 5) is 13.5. The van der Waals surface area contributed by atoms with E-state index in [2.05, 4.69) is 46.2 Å². The van der Waals surface area contributed by atoms with Crippen molar-refractivity contribution in [3.8, 4) is 0 Å². The van der Waals surface area contributed by atoms with Crippen LogP contribution in [-0.2, 0) is 0 Å². The fraction of sp³-hybridized carbons (Fsp3) is 0.692. The van der Waals surface area contributed by atoms with Crippen molar-refractivity contribution in [1.29, 1.82) is 0 Å². The Balaban J connectivity index is 2.31. The van der Waals surface area contributed by atoms with Crippen LogP contribution in [0.1, 0.15) is 18.3 Å². The minimum atomic E-state index is 0.559. The van der Waals surface area contributed by atoms with Crippen LogP contribution < -0.4 is 16.2 Å². The van der Waals surface area contributed by atoms with Crippen molar-refractivity contribution >= 4 is 11.6 Å². The van der Waals surface area contributed by atoms with Gasteiger partial charge in [-0.3, -0.25) is 0 Å². The molecule has 2 atom stereocenters. The van der Waals surface area contributed by atoms with Crippen molar-refractivity contribution in [1.82, 2.24) is 14.9 Å². The zero-order valence-corrected chi connectivity index (χ0v) is 12.4. The topological polar surface area (TPSA) is 70.3 Å². The Kier molecular flexibility index (Phi) is 3.91. The molecule has 0 aliphatic carbocycles. The number of aryl methyl sites for hydroxylation is 1. The van der Waals surface area contributed by atoms with Crippen molar-refractivity contribution in [3.05, 3.63) is 11.4 Å². The van der Waals surface area contributed by atoms with E-state index >= 15 is 0 Å². The molecule has 106 valence electrons. The minimum absolute atomic E-state index is 0.559. The van der Waals surface area contributed by atoms with E-state index in [1.54, 1.807) is 0 Å². The number of anilines is 2. The number of rotatable bonds is 3. The molecule has 19 heavy (non-hydrogen) atoms. The zero-order valence-electron chi connectivity index (χ0n) is 12.4. The lowest BCUT2D eigenvalue weighted by Gasteiger charge is -2.23. The van der Waals surface area contributed by atoms with Crippen LogP contribution in [0.25, 0.3) is 0 Å². The molecule has 0 radical (unpaired) electrons. The van der Waals surface area contributed by atoms with E-state index in [-0.39, 0.29) is 0 Å². The van der Waals surface area contributed by atoms with Crippen molar-refractivity contribution in [3.63, 3.8) is 0 Å². The maximum absolute atomic E-state index is 5.52. The Bertz CT molecular complexity index is 459. The number of nitrogens with two attached hydrogens (primary N) is 1. The molecule has 0 bridgehead atoms. The predicted molar refractivity (Wildman–Crippen MR) is 78.2 cm³/mol. The van der Waals surface area contributed by atoms with E-state index in [1.807, 2.05) is 13.8 Å². The number of aromatic nitrogens is 2. The highest BCUT2D eigenvalue weighted by Gasteiger charge is 2.32. The summed E-state index contributed by atoms with van der Waals surface area (Å²) in [6, 6.07) is 0.559. The number of nitrogen functional groups attached to an aromatic ring is 1. The average Bonchev–Trinajstić information content (AvgIpc) is 2.73. The molecule has 2 rings (SSSR count). The van der Waals surface area contributed by atoms with Gasteiger partial charge in [-0.2, -0.15) is 0 Å². The van der Waals surface area contributed by atoms with Crippen molar-refractivity contribution < 1.29 is 0 Å². The first-order chi connectivity index (χ1) is 8.93. The first-order valence-electron chi connectivity index (χ1n) is 6.67. The largest absolute Gasteiger partial charge is 0.354 e. The number of hydrogen-bond acceptors (Lipinski definition) is 6. The van der Waals surface area contributed by atoms with E-state index < -0.39 is 0 Å². The molecule has 0 spiro atoms. The number of hydrazine groups is 1. The fourth-order valence-corrected chi connectivity index (χ4v) is 2.86. The second kappa shape index (κ2) is 5.30. The Morgan fingerprint density at radius 2 is 1.95 bits per heavy atom. The molecule has 0 saturated carbocycles. The van der Waals surface area contributed by atoms with Gasteiger partial charge in [0.25, 0.3) is 0 Å². The van der Waals surface area contributed by atoms with Crippen molar-refractivity contribution in [2.45, 2.75) is 26.8 Å². The second-order valence-corrected chi connectivity index (χ2v) is 5.63. The lowest BCUT2D eigenvalue weighted by Crippen LogP contribution is -2.34. The summed E-state index contributed by atoms with van der Waals surface area (Å²) in [6.07, 6.45) is 0. The van der Waals surface area contributed by atoms with Gasteiger partial charge in [-0.1, -0.05) is 6.92 Å². The third-order valence-corrected chi connectivity index (χ3v) is 3.90. The van der Waals surface area contributed by atoms with Gasteiger partial charge in [0.2, 0.25) is 0 Å². The van der Waals surface area contributed by atoms with Crippen LogP contribution in [0.4, 0.5) is 11.6 Å². The van der Waals surface area contributed by atoms with Crippen LogP contribution in [0.3, 0.4) is 0 Å². The Morgan fingerprint density at radius 3 is 2.47 bits per heavy atom. The van der Waals surface area contributed by atoms with Gasteiger partial charge in [0.15, 0.2) is 0 Å². The lowest BCUT2D eigenvalue weighted by molar-refractivity contribution is 0.266. The SMILES string of the molecule is Cc1nc(NN)c(C)c(N2CC(C)C(N(C)C)C2)n1. The van der Waals surface area contributed by atoms with Crippen molar-refractivity contribution in [2.75, 3.05) is 37.5 Å². The molecule has 3 N–H and O–H groups in total. The quantitative estimate of drug-likeness (QED) is 0.620. The summed E-state index contributed by atoms with van der Waals surface area (Å²) in [7, 11) is 4.27. The smallest absolute Gasteiger partial charge is 0.148 e. The molecule has 1 aliphatic heterocycles. The molecule has 2 heterocycles. The fourth-order valence-electron chi connectivity index (χ4n) is 2.86. The lowest BCUT2D eigenvalue weighted by atomic mass is 10.1. The van der Waals surface area contributed by atoms with Gasteiger partial charge in [0.1, 0.15) is 17.5 Å². The number of nitrogens with zero attached hydrogens (tertiary/aromatic N) is 4. The monoisotopic (exact) mass is 264 g/mol. The molecule has 0 aromatic carbocycles. The maximum Gasteiger partial charge on any atom is 0.148 e. The van der Waals surface area contributed by atoms with E-state index in [0.717, 1.165) is 30.3 Å². The summed E-state index contributed by atoms with van der Waals surface area (Å²) in [5, 5.41) is 0. The molecule has 0 amide bonds. The summed E-state index contributed by atoms with van der Waals surface area (Å²) >= 11 is 0. The molecule has 6 heteroatoms. The van der Waals surface area contributed by atoms with Crippen LogP contribution in [0, 0.1) is 19.8 Å². The first kappa shape index (κ1) is 14.0. The van der Waals surface area contributed by atoms with Gasteiger partial charge in [-0.25, -0.2) is 15.8 Å². The minimum Gasteiger partial charge on any atom is -0.354 e. The van der Waals surface area contributed by atoms with Gasteiger partial charge >= 0.3 is 0 Å². The number of likely N-dealkylation sites (N-methyl/N-ethyl adjacent to an activating group) is 1. The van der Waals surface area contributed by atoms with Crippen LogP contribution in [-0.4, -0.2) is 48.1 Å². The molecule has 1 aromatic rings. The third-order valence-electron chi connectivity index (χ3n) is 3.90. The van der Waals surface area contributed by atoms with Gasteiger partial charge in [-0.15, -0.1) is 0 Å². The Morgan fingerprint density at radius 1 is 1.26 bits per heavy atom. The van der Waals surface area contributed by atoms with Gasteiger partial charge in [0, 0.05) is 24.7 Å².